The zero-order chi connectivity index (χ0) is 13.7. The smallest absolute Gasteiger partial charge is 0.161 e. The lowest BCUT2D eigenvalue weighted by Gasteiger charge is -2.10. The van der Waals surface area contributed by atoms with Crippen LogP contribution in [-0.2, 0) is 20.1 Å². The minimum atomic E-state index is 0.720. The van der Waals surface area contributed by atoms with Gasteiger partial charge in [0.05, 0.1) is 26.1 Å². The summed E-state index contributed by atoms with van der Waals surface area (Å²) < 4.78 is 12.2. The molecule has 1 N–H and O–H groups in total. The second-order valence-corrected chi connectivity index (χ2v) is 4.14. The number of rotatable bonds is 6. The van der Waals surface area contributed by atoms with E-state index in [0.29, 0.717) is 0 Å². The van der Waals surface area contributed by atoms with Crippen LogP contribution < -0.4 is 14.8 Å². The highest BCUT2D eigenvalue weighted by molar-refractivity contribution is 5.42. The molecule has 0 bridgehead atoms. The van der Waals surface area contributed by atoms with Crippen LogP contribution in [-0.4, -0.2) is 29.2 Å². The average Bonchev–Trinajstić information content (AvgIpc) is 2.84. The standard InChI is InChI=1S/C13H18N4O2/c1-17-11(9-15-16-17)8-14-7-10-4-5-12(18-2)13(6-10)19-3/h4-6,9,14H,7-8H2,1-3H3. The molecule has 0 saturated heterocycles. The first kappa shape index (κ1) is 13.4. The number of aryl methyl sites for hydroxylation is 1. The summed E-state index contributed by atoms with van der Waals surface area (Å²) in [6.45, 7) is 1.46. The van der Waals surface area contributed by atoms with E-state index >= 15 is 0 Å². The minimum Gasteiger partial charge on any atom is -0.493 e. The molecule has 0 fully saturated rings. The summed E-state index contributed by atoms with van der Waals surface area (Å²) in [6, 6.07) is 5.88. The minimum absolute atomic E-state index is 0.720. The zero-order valence-electron chi connectivity index (χ0n) is 11.4. The summed E-state index contributed by atoms with van der Waals surface area (Å²) >= 11 is 0. The van der Waals surface area contributed by atoms with Gasteiger partial charge >= 0.3 is 0 Å². The second kappa shape index (κ2) is 6.19. The van der Waals surface area contributed by atoms with Gasteiger partial charge in [-0.15, -0.1) is 5.10 Å². The molecule has 0 amide bonds. The van der Waals surface area contributed by atoms with Gasteiger partial charge in [-0.3, -0.25) is 4.68 Å². The van der Waals surface area contributed by atoms with Crippen molar-refractivity contribution in [1.29, 1.82) is 0 Å². The molecule has 1 aromatic heterocycles. The Labute approximate surface area is 112 Å². The Bertz CT molecular complexity index is 539. The highest BCUT2D eigenvalue weighted by Gasteiger charge is 2.05. The van der Waals surface area contributed by atoms with Gasteiger partial charge in [0.1, 0.15) is 0 Å². The van der Waals surface area contributed by atoms with E-state index in [-0.39, 0.29) is 0 Å². The van der Waals surface area contributed by atoms with Gasteiger partial charge in [0.2, 0.25) is 0 Å². The van der Waals surface area contributed by atoms with Crippen LogP contribution in [0.5, 0.6) is 11.5 Å². The number of nitrogens with zero attached hydrogens (tertiary/aromatic N) is 3. The molecule has 19 heavy (non-hydrogen) atoms. The van der Waals surface area contributed by atoms with Crippen molar-refractivity contribution in [3.63, 3.8) is 0 Å². The molecule has 2 rings (SSSR count). The number of aromatic nitrogens is 3. The lowest BCUT2D eigenvalue weighted by molar-refractivity contribution is 0.354. The van der Waals surface area contributed by atoms with Crippen LogP contribution in [0.25, 0.3) is 0 Å². The first-order chi connectivity index (χ1) is 9.24. The van der Waals surface area contributed by atoms with Crippen LogP contribution in [0.15, 0.2) is 24.4 Å². The number of hydrogen-bond acceptors (Lipinski definition) is 5. The van der Waals surface area contributed by atoms with E-state index < -0.39 is 0 Å². The highest BCUT2D eigenvalue weighted by atomic mass is 16.5. The van der Waals surface area contributed by atoms with Crippen molar-refractivity contribution in [3.8, 4) is 11.5 Å². The molecule has 1 aromatic carbocycles. The van der Waals surface area contributed by atoms with Gasteiger partial charge < -0.3 is 14.8 Å². The fourth-order valence-corrected chi connectivity index (χ4v) is 1.80. The number of methoxy groups -OCH3 is 2. The van der Waals surface area contributed by atoms with E-state index in [1.54, 1.807) is 25.1 Å². The molecular weight excluding hydrogens is 244 g/mol. The Balaban J connectivity index is 1.94. The normalized spacial score (nSPS) is 10.5. The molecule has 102 valence electrons. The molecular formula is C13H18N4O2. The lowest BCUT2D eigenvalue weighted by atomic mass is 10.2. The first-order valence-corrected chi connectivity index (χ1v) is 5.99. The molecule has 1 heterocycles. The van der Waals surface area contributed by atoms with E-state index in [4.69, 9.17) is 9.47 Å². The van der Waals surface area contributed by atoms with Crippen molar-refractivity contribution in [2.45, 2.75) is 13.1 Å². The van der Waals surface area contributed by atoms with Gasteiger partial charge in [0.25, 0.3) is 0 Å². The van der Waals surface area contributed by atoms with Crippen molar-refractivity contribution >= 4 is 0 Å². The maximum atomic E-state index is 5.27. The van der Waals surface area contributed by atoms with E-state index in [1.165, 1.54) is 0 Å². The van der Waals surface area contributed by atoms with E-state index in [1.807, 2.05) is 25.2 Å². The molecule has 6 nitrogen and oxygen atoms in total. The second-order valence-electron chi connectivity index (χ2n) is 4.14. The number of ether oxygens (including phenoxy) is 2. The summed E-state index contributed by atoms with van der Waals surface area (Å²) in [5.74, 6) is 1.48. The van der Waals surface area contributed by atoms with Crippen LogP contribution >= 0.6 is 0 Å². The number of nitrogens with one attached hydrogen (secondary N) is 1. The summed E-state index contributed by atoms with van der Waals surface area (Å²) in [5, 5.41) is 11.1. The summed E-state index contributed by atoms with van der Waals surface area (Å²) in [4.78, 5) is 0. The van der Waals surface area contributed by atoms with Gasteiger partial charge in [-0.1, -0.05) is 11.3 Å². The maximum absolute atomic E-state index is 5.27. The average molecular weight is 262 g/mol. The Morgan fingerprint density at radius 1 is 1.16 bits per heavy atom. The quantitative estimate of drug-likeness (QED) is 0.845. The Kier molecular flexibility index (Phi) is 4.35. The SMILES string of the molecule is COc1ccc(CNCc2cnnn2C)cc1OC. The topological polar surface area (TPSA) is 61.2 Å². The highest BCUT2D eigenvalue weighted by Crippen LogP contribution is 2.27. The van der Waals surface area contributed by atoms with Crippen molar-refractivity contribution in [3.05, 3.63) is 35.7 Å². The van der Waals surface area contributed by atoms with E-state index in [9.17, 15) is 0 Å². The third kappa shape index (κ3) is 3.23. The molecule has 0 unspecified atom stereocenters. The van der Waals surface area contributed by atoms with E-state index in [0.717, 1.165) is 35.8 Å². The summed E-state index contributed by atoms with van der Waals surface area (Å²) in [6.07, 6.45) is 1.75. The van der Waals surface area contributed by atoms with Crippen LogP contribution in [0.2, 0.25) is 0 Å². The zero-order valence-corrected chi connectivity index (χ0v) is 11.4. The number of benzene rings is 1. The van der Waals surface area contributed by atoms with Crippen LogP contribution in [0, 0.1) is 0 Å². The molecule has 6 heteroatoms. The van der Waals surface area contributed by atoms with Gasteiger partial charge in [-0.05, 0) is 17.7 Å². The van der Waals surface area contributed by atoms with E-state index in [2.05, 4.69) is 15.6 Å². The monoisotopic (exact) mass is 262 g/mol. The molecule has 0 aliphatic rings. The maximum Gasteiger partial charge on any atom is 0.161 e. The van der Waals surface area contributed by atoms with Gasteiger partial charge in [-0.25, -0.2) is 0 Å². The Morgan fingerprint density at radius 2 is 1.95 bits per heavy atom. The number of hydrogen-bond donors (Lipinski definition) is 1. The van der Waals surface area contributed by atoms with Crippen molar-refractivity contribution < 1.29 is 9.47 Å². The largest absolute Gasteiger partial charge is 0.493 e. The van der Waals surface area contributed by atoms with Crippen molar-refractivity contribution in [1.82, 2.24) is 20.3 Å². The third-order valence-corrected chi connectivity index (χ3v) is 2.89. The van der Waals surface area contributed by atoms with Crippen molar-refractivity contribution in [2.24, 2.45) is 7.05 Å². The third-order valence-electron chi connectivity index (χ3n) is 2.89. The predicted molar refractivity (Wildman–Crippen MR) is 71.1 cm³/mol. The first-order valence-electron chi connectivity index (χ1n) is 5.99. The molecule has 0 saturated carbocycles. The molecule has 0 aliphatic carbocycles. The van der Waals surface area contributed by atoms with Gasteiger partial charge in [0.15, 0.2) is 11.5 Å². The summed E-state index contributed by atoms with van der Waals surface area (Å²) in [5.41, 5.74) is 2.17. The molecule has 0 radical (unpaired) electrons. The van der Waals surface area contributed by atoms with Crippen molar-refractivity contribution in [2.75, 3.05) is 14.2 Å². The Morgan fingerprint density at radius 3 is 2.58 bits per heavy atom. The van der Waals surface area contributed by atoms with Crippen LogP contribution in [0.1, 0.15) is 11.3 Å². The summed E-state index contributed by atoms with van der Waals surface area (Å²) in [7, 11) is 5.14. The molecule has 0 aliphatic heterocycles. The molecule has 2 aromatic rings. The van der Waals surface area contributed by atoms with Crippen LogP contribution in [0.3, 0.4) is 0 Å². The Hall–Kier alpha value is -2.08. The lowest BCUT2D eigenvalue weighted by Crippen LogP contribution is -2.15. The van der Waals surface area contributed by atoms with Gasteiger partial charge in [-0.2, -0.15) is 0 Å². The fourth-order valence-electron chi connectivity index (χ4n) is 1.80. The molecule has 0 atom stereocenters. The van der Waals surface area contributed by atoms with Crippen LogP contribution in [0.4, 0.5) is 0 Å². The van der Waals surface area contributed by atoms with Gasteiger partial charge in [0, 0.05) is 20.1 Å². The molecule has 0 spiro atoms. The predicted octanol–water partition coefficient (Wildman–Crippen LogP) is 1.12. The fraction of sp³-hybridized carbons (Fsp3) is 0.385.